The highest BCUT2D eigenvalue weighted by Crippen LogP contribution is 2.13. The molecule has 106 valence electrons. The fourth-order valence-electron chi connectivity index (χ4n) is 2.11. The summed E-state index contributed by atoms with van der Waals surface area (Å²) >= 11 is 0. The molecule has 0 unspecified atom stereocenters. The van der Waals surface area contributed by atoms with Gasteiger partial charge in [0.1, 0.15) is 12.7 Å². The summed E-state index contributed by atoms with van der Waals surface area (Å²) in [6.45, 7) is 3.62. The summed E-state index contributed by atoms with van der Waals surface area (Å²) in [4.78, 5) is 8.10. The van der Waals surface area contributed by atoms with Crippen molar-refractivity contribution in [3.63, 3.8) is 0 Å². The maximum absolute atomic E-state index is 4.16. The number of hydrogen-bond donors (Lipinski definition) is 1. The van der Waals surface area contributed by atoms with E-state index in [1.165, 1.54) is 16.7 Å². The number of anilines is 1. The highest BCUT2D eigenvalue weighted by Gasteiger charge is 1.99. The minimum Gasteiger partial charge on any atom is -0.381 e. The van der Waals surface area contributed by atoms with Gasteiger partial charge in [0, 0.05) is 24.6 Å². The zero-order valence-electron chi connectivity index (χ0n) is 11.9. The molecule has 2 aromatic heterocycles. The van der Waals surface area contributed by atoms with Crippen molar-refractivity contribution < 1.29 is 0 Å². The predicted molar refractivity (Wildman–Crippen MR) is 81.9 cm³/mol. The molecule has 0 atom stereocenters. The molecule has 1 aromatic carbocycles. The standard InChI is InChI=1S/C16H17N5/c1-13-6-7-17-8-15(13)9-19-16-4-2-14(3-5-16)10-21-12-18-11-20-21/h2-8,11-12,19H,9-10H2,1H3. The molecule has 0 bridgehead atoms. The minimum absolute atomic E-state index is 0.738. The van der Waals surface area contributed by atoms with Gasteiger partial charge >= 0.3 is 0 Å². The molecule has 0 aliphatic rings. The molecule has 3 rings (SSSR count). The Hall–Kier alpha value is -2.69. The van der Waals surface area contributed by atoms with Crippen LogP contribution in [0.5, 0.6) is 0 Å². The van der Waals surface area contributed by atoms with Gasteiger partial charge in [0.2, 0.25) is 0 Å². The summed E-state index contributed by atoms with van der Waals surface area (Å²) < 4.78 is 1.81. The Morgan fingerprint density at radius 3 is 2.67 bits per heavy atom. The van der Waals surface area contributed by atoms with Gasteiger partial charge in [0.05, 0.1) is 6.54 Å². The summed E-state index contributed by atoms with van der Waals surface area (Å²) in [6.07, 6.45) is 6.99. The smallest absolute Gasteiger partial charge is 0.137 e. The van der Waals surface area contributed by atoms with E-state index in [-0.39, 0.29) is 0 Å². The molecule has 21 heavy (non-hydrogen) atoms. The van der Waals surface area contributed by atoms with Crippen LogP contribution in [-0.2, 0) is 13.1 Å². The normalized spacial score (nSPS) is 10.5. The van der Waals surface area contributed by atoms with Crippen molar-refractivity contribution in [1.82, 2.24) is 19.7 Å². The lowest BCUT2D eigenvalue weighted by Gasteiger charge is -2.09. The Morgan fingerprint density at radius 1 is 1.10 bits per heavy atom. The first kappa shape index (κ1) is 13.3. The number of hydrogen-bond acceptors (Lipinski definition) is 4. The van der Waals surface area contributed by atoms with E-state index < -0.39 is 0 Å². The van der Waals surface area contributed by atoms with Crippen LogP contribution in [0.2, 0.25) is 0 Å². The van der Waals surface area contributed by atoms with Gasteiger partial charge in [0.25, 0.3) is 0 Å². The van der Waals surface area contributed by atoms with E-state index in [2.05, 4.69) is 51.6 Å². The van der Waals surface area contributed by atoms with Gasteiger partial charge in [-0.05, 0) is 41.8 Å². The van der Waals surface area contributed by atoms with Crippen LogP contribution >= 0.6 is 0 Å². The Morgan fingerprint density at radius 2 is 1.95 bits per heavy atom. The second-order valence-corrected chi connectivity index (χ2v) is 4.95. The number of pyridine rings is 1. The lowest BCUT2D eigenvalue weighted by molar-refractivity contribution is 0.685. The number of rotatable bonds is 5. The van der Waals surface area contributed by atoms with Gasteiger partial charge in [-0.25, -0.2) is 9.67 Å². The van der Waals surface area contributed by atoms with E-state index >= 15 is 0 Å². The fraction of sp³-hybridized carbons (Fsp3) is 0.188. The maximum atomic E-state index is 4.16. The molecule has 5 heteroatoms. The summed E-state index contributed by atoms with van der Waals surface area (Å²) in [7, 11) is 0. The Bertz CT molecular complexity index is 689. The molecule has 3 aromatic rings. The second kappa shape index (κ2) is 6.17. The average molecular weight is 279 g/mol. The van der Waals surface area contributed by atoms with E-state index in [0.29, 0.717) is 0 Å². The van der Waals surface area contributed by atoms with Crippen molar-refractivity contribution in [2.24, 2.45) is 0 Å². The second-order valence-electron chi connectivity index (χ2n) is 4.95. The van der Waals surface area contributed by atoms with Crippen molar-refractivity contribution in [2.75, 3.05) is 5.32 Å². The number of nitrogens with zero attached hydrogens (tertiary/aromatic N) is 4. The van der Waals surface area contributed by atoms with Crippen LogP contribution in [0, 0.1) is 6.92 Å². The van der Waals surface area contributed by atoms with Gasteiger partial charge in [-0.15, -0.1) is 0 Å². The summed E-state index contributed by atoms with van der Waals surface area (Å²) in [6, 6.07) is 10.4. The predicted octanol–water partition coefficient (Wildman–Crippen LogP) is 2.64. The van der Waals surface area contributed by atoms with E-state index in [1.54, 1.807) is 17.3 Å². The third kappa shape index (κ3) is 3.45. The first-order valence-electron chi connectivity index (χ1n) is 6.86. The van der Waals surface area contributed by atoms with Gasteiger partial charge < -0.3 is 5.32 Å². The Labute approximate surface area is 123 Å². The number of aryl methyl sites for hydroxylation is 1. The molecule has 0 aliphatic carbocycles. The van der Waals surface area contributed by atoms with Crippen LogP contribution in [0.15, 0.2) is 55.4 Å². The number of aromatic nitrogens is 4. The molecule has 0 saturated heterocycles. The minimum atomic E-state index is 0.738. The molecule has 2 heterocycles. The molecule has 0 radical (unpaired) electrons. The molecular weight excluding hydrogens is 262 g/mol. The van der Waals surface area contributed by atoms with Crippen LogP contribution in [-0.4, -0.2) is 19.7 Å². The zero-order chi connectivity index (χ0) is 14.5. The van der Waals surface area contributed by atoms with Crippen molar-refractivity contribution in [2.45, 2.75) is 20.0 Å². The van der Waals surface area contributed by atoms with Crippen LogP contribution in [0.3, 0.4) is 0 Å². The Kier molecular flexibility index (Phi) is 3.91. The molecule has 0 spiro atoms. The maximum Gasteiger partial charge on any atom is 0.137 e. The van der Waals surface area contributed by atoms with Crippen LogP contribution in [0.1, 0.15) is 16.7 Å². The zero-order valence-corrected chi connectivity index (χ0v) is 11.9. The topological polar surface area (TPSA) is 55.6 Å². The molecule has 0 fully saturated rings. The van der Waals surface area contributed by atoms with Crippen molar-refractivity contribution in [3.8, 4) is 0 Å². The molecule has 0 amide bonds. The molecule has 0 saturated carbocycles. The molecule has 5 nitrogen and oxygen atoms in total. The fourth-order valence-corrected chi connectivity index (χ4v) is 2.11. The number of benzene rings is 1. The Balaban J connectivity index is 1.61. The summed E-state index contributed by atoms with van der Waals surface area (Å²) in [5, 5.41) is 7.52. The third-order valence-corrected chi connectivity index (χ3v) is 3.40. The van der Waals surface area contributed by atoms with Gasteiger partial charge in [-0.1, -0.05) is 12.1 Å². The first-order chi connectivity index (χ1) is 10.3. The molecular formula is C16H17N5. The monoisotopic (exact) mass is 279 g/mol. The van der Waals surface area contributed by atoms with Crippen LogP contribution in [0.4, 0.5) is 5.69 Å². The van der Waals surface area contributed by atoms with Gasteiger partial charge in [-0.3, -0.25) is 4.98 Å². The van der Waals surface area contributed by atoms with Gasteiger partial charge in [0.15, 0.2) is 0 Å². The van der Waals surface area contributed by atoms with Crippen molar-refractivity contribution in [3.05, 3.63) is 72.1 Å². The first-order valence-corrected chi connectivity index (χ1v) is 6.86. The summed E-state index contributed by atoms with van der Waals surface area (Å²) in [5.74, 6) is 0. The lowest BCUT2D eigenvalue weighted by atomic mass is 10.1. The molecule has 1 N–H and O–H groups in total. The summed E-state index contributed by atoms with van der Waals surface area (Å²) in [5.41, 5.74) is 4.76. The quantitative estimate of drug-likeness (QED) is 0.780. The average Bonchev–Trinajstić information content (AvgIpc) is 3.01. The van der Waals surface area contributed by atoms with E-state index in [0.717, 1.165) is 18.8 Å². The van der Waals surface area contributed by atoms with Crippen molar-refractivity contribution >= 4 is 5.69 Å². The molecule has 0 aliphatic heterocycles. The van der Waals surface area contributed by atoms with Gasteiger partial charge in [-0.2, -0.15) is 5.10 Å². The largest absolute Gasteiger partial charge is 0.381 e. The highest BCUT2D eigenvalue weighted by molar-refractivity contribution is 5.45. The number of nitrogens with one attached hydrogen (secondary N) is 1. The van der Waals surface area contributed by atoms with Crippen LogP contribution in [0.25, 0.3) is 0 Å². The SMILES string of the molecule is Cc1ccncc1CNc1ccc(Cn2cncn2)cc1. The van der Waals surface area contributed by atoms with E-state index in [1.807, 2.05) is 18.5 Å². The van der Waals surface area contributed by atoms with E-state index in [4.69, 9.17) is 0 Å². The lowest BCUT2D eigenvalue weighted by Crippen LogP contribution is -2.03. The third-order valence-electron chi connectivity index (χ3n) is 3.40. The highest BCUT2D eigenvalue weighted by atomic mass is 15.3. The van der Waals surface area contributed by atoms with Crippen molar-refractivity contribution in [1.29, 1.82) is 0 Å². The van der Waals surface area contributed by atoms with Crippen LogP contribution < -0.4 is 5.32 Å². The van der Waals surface area contributed by atoms with E-state index in [9.17, 15) is 0 Å².